The van der Waals surface area contributed by atoms with Crippen molar-refractivity contribution in [3.8, 4) is 0 Å². The van der Waals surface area contributed by atoms with Gasteiger partial charge in [0.15, 0.2) is 4.80 Å². The molecule has 1 aliphatic heterocycles. The molecule has 0 radical (unpaired) electrons. The van der Waals surface area contributed by atoms with Gasteiger partial charge in [0.25, 0.3) is 5.56 Å². The average Bonchev–Trinajstić information content (AvgIpc) is 3.35. The van der Waals surface area contributed by atoms with Gasteiger partial charge in [-0.25, -0.2) is 9.79 Å². The highest BCUT2D eigenvalue weighted by Gasteiger charge is 2.33. The molecule has 0 aliphatic carbocycles. The molecule has 8 heteroatoms. The van der Waals surface area contributed by atoms with Crippen LogP contribution in [0.5, 0.6) is 0 Å². The Morgan fingerprint density at radius 2 is 2.24 bits per heavy atom. The monoisotopic (exact) mass is 423 g/mol. The number of fused-ring (bicyclic) bond motifs is 1. The number of carbonyl (C=O) groups excluding carboxylic acids is 1. The number of hydrogen-bond acceptors (Lipinski definition) is 7. The molecule has 3 aromatic rings. The minimum absolute atomic E-state index is 0.0954. The number of hydrogen-bond donors (Lipinski definition) is 0. The molecule has 0 saturated heterocycles. The molecule has 146 valence electrons. The van der Waals surface area contributed by atoms with E-state index in [1.54, 1.807) is 30.0 Å². The van der Waals surface area contributed by atoms with E-state index in [1.165, 1.54) is 28.7 Å². The van der Waals surface area contributed by atoms with E-state index in [0.717, 1.165) is 10.4 Å². The molecule has 29 heavy (non-hydrogen) atoms. The summed E-state index contributed by atoms with van der Waals surface area (Å²) in [6.45, 7) is 5.44. The Balaban J connectivity index is 1.92. The number of esters is 1. The van der Waals surface area contributed by atoms with Gasteiger partial charge in [0.1, 0.15) is 12.6 Å². The van der Waals surface area contributed by atoms with Crippen molar-refractivity contribution in [1.82, 2.24) is 9.55 Å². The Morgan fingerprint density at radius 1 is 1.38 bits per heavy atom. The minimum atomic E-state index is -0.570. The van der Waals surface area contributed by atoms with E-state index in [1.807, 2.05) is 29.6 Å². The summed E-state index contributed by atoms with van der Waals surface area (Å²) in [5, 5.41) is 1.92. The number of ether oxygens (including phenoxy) is 1. The van der Waals surface area contributed by atoms with Gasteiger partial charge in [0, 0.05) is 17.3 Å². The highest BCUT2D eigenvalue weighted by atomic mass is 32.1. The molecule has 1 aliphatic rings. The van der Waals surface area contributed by atoms with Crippen LogP contribution in [0.15, 0.2) is 75.8 Å². The third-order valence-corrected chi connectivity index (χ3v) is 6.28. The van der Waals surface area contributed by atoms with Gasteiger partial charge < -0.3 is 4.74 Å². The molecule has 0 bridgehead atoms. The summed E-state index contributed by atoms with van der Waals surface area (Å²) in [6, 6.07) is 6.93. The molecule has 0 fully saturated rings. The standard InChI is InChI=1S/C21H17N3O3S2/c1-3-9-27-20(26)17-13(2)23-21-24(18(17)15-7-5-10-28-15)19(25)16(29-21)11-14-6-4-8-22-12-14/h3-8,10-12,18H,1,9H2,2H3/b16-11-/t18-/m0/s1. The minimum Gasteiger partial charge on any atom is -0.458 e. The molecule has 6 nitrogen and oxygen atoms in total. The largest absolute Gasteiger partial charge is 0.458 e. The third kappa shape index (κ3) is 3.64. The van der Waals surface area contributed by atoms with E-state index in [0.29, 0.717) is 20.6 Å². The van der Waals surface area contributed by atoms with Gasteiger partial charge in [-0.2, -0.15) is 0 Å². The van der Waals surface area contributed by atoms with Gasteiger partial charge in [-0.1, -0.05) is 36.1 Å². The van der Waals surface area contributed by atoms with E-state index in [2.05, 4.69) is 16.6 Å². The summed E-state index contributed by atoms with van der Waals surface area (Å²) in [4.78, 5) is 36.1. The van der Waals surface area contributed by atoms with Crippen molar-refractivity contribution in [1.29, 1.82) is 0 Å². The van der Waals surface area contributed by atoms with Crippen LogP contribution in [0.3, 0.4) is 0 Å². The van der Waals surface area contributed by atoms with Crippen LogP contribution in [-0.4, -0.2) is 22.1 Å². The number of thiazole rings is 1. The van der Waals surface area contributed by atoms with E-state index in [4.69, 9.17) is 4.74 Å². The summed E-state index contributed by atoms with van der Waals surface area (Å²) in [6.07, 6.45) is 6.67. The van der Waals surface area contributed by atoms with E-state index >= 15 is 0 Å². The molecular formula is C21H17N3O3S2. The predicted octanol–water partition coefficient (Wildman–Crippen LogP) is 2.42. The molecular weight excluding hydrogens is 406 g/mol. The van der Waals surface area contributed by atoms with Gasteiger partial charge in [-0.15, -0.1) is 11.3 Å². The summed E-state index contributed by atoms with van der Waals surface area (Å²) in [7, 11) is 0. The summed E-state index contributed by atoms with van der Waals surface area (Å²) < 4.78 is 7.40. The van der Waals surface area contributed by atoms with Crippen LogP contribution in [-0.2, 0) is 9.53 Å². The van der Waals surface area contributed by atoms with Gasteiger partial charge in [0.2, 0.25) is 0 Å². The number of pyridine rings is 1. The molecule has 4 heterocycles. The smallest absolute Gasteiger partial charge is 0.338 e. The average molecular weight is 424 g/mol. The molecule has 0 N–H and O–H groups in total. The van der Waals surface area contributed by atoms with E-state index in [-0.39, 0.29) is 12.2 Å². The van der Waals surface area contributed by atoms with Gasteiger partial charge in [-0.05, 0) is 36.1 Å². The number of allylic oxidation sites excluding steroid dienone is 1. The van der Waals surface area contributed by atoms with Crippen LogP contribution in [0.2, 0.25) is 0 Å². The summed E-state index contributed by atoms with van der Waals surface area (Å²) in [5.41, 5.74) is 1.55. The fourth-order valence-electron chi connectivity index (χ4n) is 3.12. The maximum Gasteiger partial charge on any atom is 0.338 e. The normalized spacial score (nSPS) is 16.3. The zero-order chi connectivity index (χ0) is 20.4. The second-order valence-corrected chi connectivity index (χ2v) is 8.26. The number of thiophene rings is 1. The van der Waals surface area contributed by atoms with Crippen molar-refractivity contribution in [2.45, 2.75) is 13.0 Å². The summed E-state index contributed by atoms with van der Waals surface area (Å²) in [5.74, 6) is -0.494. The molecule has 0 aromatic carbocycles. The topological polar surface area (TPSA) is 73.6 Å². The Labute approximate surface area is 174 Å². The van der Waals surface area contributed by atoms with E-state index < -0.39 is 12.0 Å². The van der Waals surface area contributed by atoms with Crippen LogP contribution in [0.25, 0.3) is 6.08 Å². The maximum absolute atomic E-state index is 13.3. The lowest BCUT2D eigenvalue weighted by Gasteiger charge is -2.23. The van der Waals surface area contributed by atoms with Gasteiger partial charge in [-0.3, -0.25) is 14.3 Å². The second kappa shape index (κ2) is 8.10. The number of aromatic nitrogens is 2. The zero-order valence-corrected chi connectivity index (χ0v) is 17.2. The number of carbonyl (C=O) groups is 1. The Bertz CT molecular complexity index is 1270. The molecule has 3 aromatic heterocycles. The lowest BCUT2D eigenvalue weighted by atomic mass is 10.0. The van der Waals surface area contributed by atoms with E-state index in [9.17, 15) is 9.59 Å². The highest BCUT2D eigenvalue weighted by molar-refractivity contribution is 7.10. The first-order chi connectivity index (χ1) is 14.1. The Morgan fingerprint density at radius 3 is 2.93 bits per heavy atom. The third-order valence-electron chi connectivity index (χ3n) is 4.37. The molecule has 4 rings (SSSR count). The maximum atomic E-state index is 13.3. The second-order valence-electron chi connectivity index (χ2n) is 6.27. The fourth-order valence-corrected chi connectivity index (χ4v) is 4.99. The highest BCUT2D eigenvalue weighted by Crippen LogP contribution is 2.33. The van der Waals surface area contributed by atoms with Crippen LogP contribution in [0.1, 0.15) is 23.4 Å². The van der Waals surface area contributed by atoms with Crippen LogP contribution < -0.4 is 14.9 Å². The molecule has 0 saturated carbocycles. The first kappa shape index (κ1) is 19.2. The predicted molar refractivity (Wildman–Crippen MR) is 113 cm³/mol. The van der Waals surface area contributed by atoms with Crippen LogP contribution >= 0.6 is 22.7 Å². The van der Waals surface area contributed by atoms with Crippen molar-refractivity contribution in [2.24, 2.45) is 4.99 Å². The molecule has 0 spiro atoms. The van der Waals surface area contributed by atoms with Crippen molar-refractivity contribution in [2.75, 3.05) is 6.61 Å². The quantitative estimate of drug-likeness (QED) is 0.467. The van der Waals surface area contributed by atoms with Gasteiger partial charge in [0.05, 0.1) is 15.8 Å². The number of rotatable bonds is 5. The van der Waals surface area contributed by atoms with Crippen molar-refractivity contribution < 1.29 is 9.53 Å². The first-order valence-electron chi connectivity index (χ1n) is 8.84. The summed E-state index contributed by atoms with van der Waals surface area (Å²) >= 11 is 2.78. The Hall–Kier alpha value is -3.10. The lowest BCUT2D eigenvalue weighted by Crippen LogP contribution is -2.39. The molecule has 0 amide bonds. The number of nitrogens with zero attached hydrogens (tertiary/aromatic N) is 3. The van der Waals surface area contributed by atoms with Crippen molar-refractivity contribution >= 4 is 34.7 Å². The van der Waals surface area contributed by atoms with Crippen LogP contribution in [0, 0.1) is 0 Å². The SMILES string of the molecule is C=CCOC(=O)C1=C(C)N=c2s/c(=C\c3cccnc3)c(=O)n2[C@H]1c1cccs1. The van der Waals surface area contributed by atoms with Crippen molar-refractivity contribution in [3.63, 3.8) is 0 Å². The Kier molecular flexibility index (Phi) is 5.37. The molecule has 1 atom stereocenters. The zero-order valence-electron chi connectivity index (χ0n) is 15.6. The van der Waals surface area contributed by atoms with Crippen molar-refractivity contribution in [3.05, 3.63) is 96.1 Å². The van der Waals surface area contributed by atoms with Gasteiger partial charge >= 0.3 is 5.97 Å². The first-order valence-corrected chi connectivity index (χ1v) is 10.5. The lowest BCUT2D eigenvalue weighted by molar-refractivity contribution is -0.138. The van der Waals surface area contributed by atoms with Crippen LogP contribution in [0.4, 0.5) is 0 Å². The molecule has 0 unspecified atom stereocenters. The fraction of sp³-hybridized carbons (Fsp3) is 0.143.